The summed E-state index contributed by atoms with van der Waals surface area (Å²) in [7, 11) is -2.35. The monoisotopic (exact) mass is 889 g/mol. The average molecular weight is 890 g/mol. The molecule has 1 saturated heterocycles. The van der Waals surface area contributed by atoms with E-state index in [-0.39, 0.29) is 25.8 Å². The first kappa shape index (κ1) is 43.5. The molecule has 4 N–H and O–H groups in total. The maximum Gasteiger partial charge on any atom is 0.309 e. The molecule has 3 aliphatic carbocycles. The summed E-state index contributed by atoms with van der Waals surface area (Å²) in [4.78, 5) is 80.9. The molecule has 3 aromatic rings. The molecule has 62 heavy (non-hydrogen) atoms. The summed E-state index contributed by atoms with van der Waals surface area (Å²) in [5.41, 5.74) is 0.794. The van der Waals surface area contributed by atoms with Crippen LogP contribution in [0, 0.1) is 12.8 Å². The minimum atomic E-state index is -3.94. The quantitative estimate of drug-likeness (QED) is 0.176. The molecule has 0 bridgehead atoms. The Morgan fingerprint density at radius 1 is 1.00 bits per heavy atom. The number of benzene rings is 1. The number of aryl methyl sites for hydroxylation is 1. The zero-order chi connectivity index (χ0) is 44.1. The summed E-state index contributed by atoms with van der Waals surface area (Å²) in [6, 6.07) is 3.15. The molecule has 332 valence electrons. The Morgan fingerprint density at radius 2 is 1.77 bits per heavy atom. The molecule has 5 amide bonds. The molecule has 4 fully saturated rings. The van der Waals surface area contributed by atoms with Gasteiger partial charge in [0.2, 0.25) is 21.8 Å². The van der Waals surface area contributed by atoms with E-state index in [1.807, 2.05) is 37.3 Å². The van der Waals surface area contributed by atoms with Crippen LogP contribution in [0.1, 0.15) is 109 Å². The van der Waals surface area contributed by atoms with Crippen LogP contribution >= 0.6 is 11.3 Å². The maximum absolute atomic E-state index is 14.8. The summed E-state index contributed by atoms with van der Waals surface area (Å²) in [5, 5.41) is 11.0. The molecular weight excluding hydrogens is 835 g/mol. The van der Waals surface area contributed by atoms with Gasteiger partial charge in [0.1, 0.15) is 45.9 Å². The van der Waals surface area contributed by atoms with Crippen molar-refractivity contribution in [3.05, 3.63) is 47.0 Å². The van der Waals surface area contributed by atoms with Crippen molar-refractivity contribution >= 4 is 61.8 Å². The number of carbonyl (C=O) groups excluding carboxylic acids is 5. The fourth-order valence-electron chi connectivity index (χ4n) is 8.43. The van der Waals surface area contributed by atoms with Crippen LogP contribution < -0.4 is 30.1 Å². The largest absolute Gasteiger partial charge is 0.496 e. The number of hydrogen-bond acceptors (Lipinski definition) is 12. The number of sulfonamides is 1. The second kappa shape index (κ2) is 16.9. The van der Waals surface area contributed by atoms with Crippen LogP contribution in [0.15, 0.2) is 35.7 Å². The number of nitrogens with zero attached hydrogens (tertiary/aromatic N) is 3. The number of ether oxygens (including phenoxy) is 2. The first-order chi connectivity index (χ1) is 29.5. The van der Waals surface area contributed by atoms with Crippen LogP contribution in [-0.2, 0) is 34.0 Å². The van der Waals surface area contributed by atoms with Crippen LogP contribution in [0.4, 0.5) is 0 Å². The molecule has 5 aliphatic rings. The van der Waals surface area contributed by atoms with Crippen molar-refractivity contribution in [2.24, 2.45) is 5.92 Å². The van der Waals surface area contributed by atoms with Gasteiger partial charge in [-0.2, -0.15) is 0 Å². The van der Waals surface area contributed by atoms with Crippen molar-refractivity contribution in [3.8, 4) is 22.2 Å². The van der Waals surface area contributed by atoms with Crippen LogP contribution in [0.3, 0.4) is 0 Å². The van der Waals surface area contributed by atoms with Gasteiger partial charge in [-0.1, -0.05) is 25.0 Å². The van der Waals surface area contributed by atoms with E-state index in [0.717, 1.165) is 35.5 Å². The van der Waals surface area contributed by atoms with E-state index < -0.39 is 80.0 Å². The van der Waals surface area contributed by atoms with Crippen LogP contribution in [0.25, 0.3) is 21.6 Å². The van der Waals surface area contributed by atoms with E-state index in [1.165, 1.54) is 16.2 Å². The van der Waals surface area contributed by atoms with Crippen molar-refractivity contribution in [2.45, 2.75) is 139 Å². The molecule has 1 aromatic carbocycles. The van der Waals surface area contributed by atoms with Gasteiger partial charge in [-0.3, -0.25) is 28.7 Å². The zero-order valence-corrected chi connectivity index (χ0v) is 37.4. The molecular formula is C44H55N7O9S2. The normalized spacial score (nSPS) is 26.2. The predicted octanol–water partition coefficient (Wildman–Crippen LogP) is 4.30. The molecule has 5 atom stereocenters. The van der Waals surface area contributed by atoms with Crippen LogP contribution in [0.2, 0.25) is 0 Å². The molecule has 0 unspecified atom stereocenters. The smallest absolute Gasteiger partial charge is 0.309 e. The van der Waals surface area contributed by atoms with Gasteiger partial charge in [-0.05, 0) is 91.2 Å². The number of carbonyl (C=O) groups is 5. The number of allylic oxidation sites excluding steroid dienone is 1. The molecule has 0 radical (unpaired) electrons. The second-order valence-electron chi connectivity index (χ2n) is 18.4. The van der Waals surface area contributed by atoms with Gasteiger partial charge in [0.25, 0.3) is 5.91 Å². The van der Waals surface area contributed by atoms with Crippen molar-refractivity contribution in [1.82, 2.24) is 35.5 Å². The Bertz CT molecular complexity index is 2440. The lowest BCUT2D eigenvalue weighted by molar-refractivity contribution is -0.145. The minimum Gasteiger partial charge on any atom is -0.496 e. The first-order valence-corrected chi connectivity index (χ1v) is 24.0. The van der Waals surface area contributed by atoms with Crippen molar-refractivity contribution < 1.29 is 41.9 Å². The summed E-state index contributed by atoms with van der Waals surface area (Å²) in [6.45, 7) is 7.05. The van der Waals surface area contributed by atoms with E-state index in [1.54, 1.807) is 27.9 Å². The van der Waals surface area contributed by atoms with Crippen LogP contribution in [-0.4, -0.2) is 101 Å². The molecule has 16 nitrogen and oxygen atoms in total. The fraction of sp³-hybridized carbons (Fsp3) is 0.568. The summed E-state index contributed by atoms with van der Waals surface area (Å²) in [5.74, 6) is -2.86. The van der Waals surface area contributed by atoms with Gasteiger partial charge in [0, 0.05) is 46.2 Å². The number of methoxy groups -OCH3 is 1. The third kappa shape index (κ3) is 9.31. The topological polar surface area (TPSA) is 215 Å². The molecule has 4 heterocycles. The highest BCUT2D eigenvalue weighted by atomic mass is 32.2. The lowest BCUT2D eigenvalue weighted by Crippen LogP contribution is -2.59. The number of thiazole rings is 1. The zero-order valence-electron chi connectivity index (χ0n) is 35.7. The molecule has 8 rings (SSSR count). The fourth-order valence-corrected chi connectivity index (χ4v) is 10.7. The molecule has 2 aliphatic heterocycles. The Balaban J connectivity index is 1.14. The number of hydrogen-bond donors (Lipinski definition) is 4. The first-order valence-electron chi connectivity index (χ1n) is 21.6. The SMILES string of the molecule is COc1ccc2c(O[C@@H]3C[C@H]4C(=O)N[C@]5(C(=O)NS(=O)(=O)C6CC6)C[C@H]5/C=C\CCCCC[C@H](NC(=O)C(=O)NC(C)(C)C)C(=O)N4C3)cc(-c3nc(C4CC4)cs3)nc2c1C. The van der Waals surface area contributed by atoms with Gasteiger partial charge in [-0.15, -0.1) is 11.3 Å². The highest BCUT2D eigenvalue weighted by Crippen LogP contribution is 2.47. The minimum absolute atomic E-state index is 0.00130. The van der Waals surface area contributed by atoms with Crippen molar-refractivity contribution in [1.29, 1.82) is 0 Å². The van der Waals surface area contributed by atoms with E-state index >= 15 is 0 Å². The van der Waals surface area contributed by atoms with Crippen molar-refractivity contribution in [3.63, 3.8) is 0 Å². The maximum atomic E-state index is 14.8. The van der Waals surface area contributed by atoms with Crippen LogP contribution in [0.5, 0.6) is 11.5 Å². The second-order valence-corrected chi connectivity index (χ2v) is 21.2. The number of pyridine rings is 1. The Kier molecular flexibility index (Phi) is 11.9. The third-order valence-electron chi connectivity index (χ3n) is 12.2. The number of rotatable bonds is 9. The average Bonchev–Trinajstić information content (AvgIpc) is 4.17. The Labute approximate surface area is 365 Å². The van der Waals surface area contributed by atoms with Gasteiger partial charge in [-0.25, -0.2) is 18.4 Å². The number of aromatic nitrogens is 2. The van der Waals surface area contributed by atoms with Gasteiger partial charge < -0.3 is 30.3 Å². The van der Waals surface area contributed by atoms with Crippen molar-refractivity contribution in [2.75, 3.05) is 13.7 Å². The predicted molar refractivity (Wildman–Crippen MR) is 232 cm³/mol. The highest BCUT2D eigenvalue weighted by Gasteiger charge is 2.62. The molecule has 0 spiro atoms. The molecule has 18 heteroatoms. The molecule has 3 saturated carbocycles. The van der Waals surface area contributed by atoms with E-state index in [2.05, 4.69) is 26.1 Å². The number of fused-ring (bicyclic) bond motifs is 3. The number of nitrogens with one attached hydrogen (secondary N) is 4. The lowest BCUT2D eigenvalue weighted by atomic mass is 10.0. The summed E-state index contributed by atoms with van der Waals surface area (Å²) in [6.07, 6.45) is 9.13. The van der Waals surface area contributed by atoms with Gasteiger partial charge in [0.15, 0.2) is 0 Å². The highest BCUT2D eigenvalue weighted by molar-refractivity contribution is 7.91. The van der Waals surface area contributed by atoms with E-state index in [4.69, 9.17) is 19.4 Å². The lowest BCUT2D eigenvalue weighted by Gasteiger charge is -2.30. The third-order valence-corrected chi connectivity index (χ3v) is 14.9. The Hall–Kier alpha value is -5.10. The standard InChI is InChI=1S/C44H55N7O9S2/c1-24-34(59-5)18-17-29-35(20-31(45-36(24)29)40-47-32(23-61-40)25-13-14-25)60-27-19-33-37(52)49-44(42(56)50-62(57,58)28-15-16-28)21-26(44)11-9-7-6-8-10-12-30(41(55)51(33)22-27)46-38(53)39(54)48-43(2,3)4/h9,11,17-18,20,23,25-28,30,33H,6-8,10,12-16,19,21-22H2,1-5H3,(H,46,53)(H,48,54)(H,49,52)(H,50,56)/b11-9-/t26-,27-,30+,33+,44-/m1/s1. The Morgan fingerprint density at radius 3 is 2.48 bits per heavy atom. The summed E-state index contributed by atoms with van der Waals surface area (Å²) < 4.78 is 40.6. The van der Waals surface area contributed by atoms with E-state index in [0.29, 0.717) is 66.1 Å². The van der Waals surface area contributed by atoms with Gasteiger partial charge >= 0.3 is 11.8 Å². The van der Waals surface area contributed by atoms with Gasteiger partial charge in [0.05, 0.1) is 30.1 Å². The summed E-state index contributed by atoms with van der Waals surface area (Å²) >= 11 is 1.50. The molecule has 2 aromatic heterocycles. The number of amides is 5. The van der Waals surface area contributed by atoms with E-state index in [9.17, 15) is 32.4 Å².